The van der Waals surface area contributed by atoms with Gasteiger partial charge in [-0.3, -0.25) is 9.78 Å². The summed E-state index contributed by atoms with van der Waals surface area (Å²) in [5, 5.41) is 2.59. The van der Waals surface area contributed by atoms with Gasteiger partial charge in [-0.05, 0) is 29.8 Å². The monoisotopic (exact) mass is 302 g/mol. The molecule has 2 aromatic rings. The number of hydrogen-bond acceptors (Lipinski definition) is 4. The van der Waals surface area contributed by atoms with Crippen LogP contribution in [-0.4, -0.2) is 30.0 Å². The number of carbonyl (C=O) groups excluding carboxylic acids is 2. The largest absolute Gasteiger partial charge is 0.467 e. The summed E-state index contributed by atoms with van der Waals surface area (Å²) in [7, 11) is 1.24. The summed E-state index contributed by atoms with van der Waals surface area (Å²) >= 11 is 0. The Labute approximate surface area is 127 Å². The molecule has 1 aromatic carbocycles. The first-order valence-corrected chi connectivity index (χ1v) is 6.63. The Bertz CT molecular complexity index is 661. The van der Waals surface area contributed by atoms with Crippen LogP contribution in [0.2, 0.25) is 0 Å². The topological polar surface area (TPSA) is 68.3 Å². The fraction of sp³-hybridized carbons (Fsp3) is 0.188. The van der Waals surface area contributed by atoms with E-state index in [0.29, 0.717) is 11.1 Å². The van der Waals surface area contributed by atoms with E-state index in [2.05, 4.69) is 10.3 Å². The van der Waals surface area contributed by atoms with E-state index in [4.69, 9.17) is 4.74 Å². The molecule has 0 aliphatic carbocycles. The minimum atomic E-state index is -0.896. The molecule has 0 spiro atoms. The van der Waals surface area contributed by atoms with Crippen LogP contribution < -0.4 is 5.32 Å². The number of ether oxygens (including phenoxy) is 1. The van der Waals surface area contributed by atoms with Gasteiger partial charge < -0.3 is 10.1 Å². The van der Waals surface area contributed by atoms with Crippen LogP contribution in [0.1, 0.15) is 15.9 Å². The highest BCUT2D eigenvalue weighted by Crippen LogP contribution is 2.08. The van der Waals surface area contributed by atoms with Gasteiger partial charge in [-0.2, -0.15) is 0 Å². The van der Waals surface area contributed by atoms with Crippen LogP contribution >= 0.6 is 0 Å². The molecule has 6 heteroatoms. The molecule has 1 N–H and O–H groups in total. The molecule has 0 bridgehead atoms. The first-order valence-electron chi connectivity index (χ1n) is 6.63. The van der Waals surface area contributed by atoms with Crippen LogP contribution in [0.25, 0.3) is 0 Å². The molecule has 5 nitrogen and oxygen atoms in total. The summed E-state index contributed by atoms with van der Waals surface area (Å²) in [6.45, 7) is 0. The van der Waals surface area contributed by atoms with Crippen LogP contribution in [0.5, 0.6) is 0 Å². The van der Waals surface area contributed by atoms with Gasteiger partial charge in [-0.15, -0.1) is 0 Å². The number of rotatable bonds is 5. The lowest BCUT2D eigenvalue weighted by Gasteiger charge is -2.16. The van der Waals surface area contributed by atoms with Crippen molar-refractivity contribution in [2.45, 2.75) is 12.5 Å². The number of nitrogens with one attached hydrogen (secondary N) is 1. The van der Waals surface area contributed by atoms with Crippen molar-refractivity contribution >= 4 is 11.9 Å². The minimum absolute atomic E-state index is 0.140. The summed E-state index contributed by atoms with van der Waals surface area (Å²) in [4.78, 5) is 27.8. The summed E-state index contributed by atoms with van der Waals surface area (Å²) in [6.07, 6.45) is 3.10. The predicted octanol–water partition coefficient (Wildman–Crippen LogP) is 1.73. The third-order valence-electron chi connectivity index (χ3n) is 3.06. The van der Waals surface area contributed by atoms with Crippen molar-refractivity contribution in [2.75, 3.05) is 7.11 Å². The fourth-order valence-electron chi connectivity index (χ4n) is 1.98. The van der Waals surface area contributed by atoms with Gasteiger partial charge in [0.15, 0.2) is 0 Å². The maximum absolute atomic E-state index is 13.2. The van der Waals surface area contributed by atoms with E-state index in [1.165, 1.54) is 43.8 Å². The maximum atomic E-state index is 13.2. The van der Waals surface area contributed by atoms with E-state index >= 15 is 0 Å². The van der Waals surface area contributed by atoms with Gasteiger partial charge >= 0.3 is 5.97 Å². The number of amides is 1. The molecule has 22 heavy (non-hydrogen) atoms. The average Bonchev–Trinajstić information content (AvgIpc) is 2.54. The highest BCUT2D eigenvalue weighted by molar-refractivity contribution is 5.96. The van der Waals surface area contributed by atoms with Crippen molar-refractivity contribution in [2.24, 2.45) is 0 Å². The van der Waals surface area contributed by atoms with Crippen molar-refractivity contribution in [3.05, 3.63) is 65.7 Å². The zero-order valence-electron chi connectivity index (χ0n) is 12.0. The van der Waals surface area contributed by atoms with Crippen LogP contribution in [0.4, 0.5) is 4.39 Å². The van der Waals surface area contributed by atoms with E-state index < -0.39 is 23.7 Å². The highest BCUT2D eigenvalue weighted by Gasteiger charge is 2.22. The average molecular weight is 302 g/mol. The highest BCUT2D eigenvalue weighted by atomic mass is 19.1. The molecule has 0 fully saturated rings. The first kappa shape index (κ1) is 15.6. The molecule has 0 saturated carbocycles. The molecule has 0 unspecified atom stereocenters. The third kappa shape index (κ3) is 4.12. The zero-order chi connectivity index (χ0) is 15.9. The van der Waals surface area contributed by atoms with E-state index in [-0.39, 0.29) is 6.42 Å². The lowest BCUT2D eigenvalue weighted by Crippen LogP contribution is -2.43. The van der Waals surface area contributed by atoms with Crippen LogP contribution in [-0.2, 0) is 16.0 Å². The minimum Gasteiger partial charge on any atom is -0.467 e. The number of hydrogen-bond donors (Lipinski definition) is 1. The number of benzene rings is 1. The Kier molecular flexibility index (Phi) is 5.19. The normalized spacial score (nSPS) is 11.5. The maximum Gasteiger partial charge on any atom is 0.328 e. The Morgan fingerprint density at radius 3 is 2.64 bits per heavy atom. The van der Waals surface area contributed by atoms with Crippen molar-refractivity contribution in [1.82, 2.24) is 10.3 Å². The smallest absolute Gasteiger partial charge is 0.328 e. The Balaban J connectivity index is 2.13. The molecule has 2 rings (SSSR count). The van der Waals surface area contributed by atoms with Gasteiger partial charge in [0.25, 0.3) is 5.91 Å². The first-order chi connectivity index (χ1) is 10.6. The van der Waals surface area contributed by atoms with E-state index in [9.17, 15) is 14.0 Å². The van der Waals surface area contributed by atoms with E-state index in [0.717, 1.165) is 0 Å². The number of methoxy groups -OCH3 is 1. The molecule has 114 valence electrons. The van der Waals surface area contributed by atoms with E-state index in [1.54, 1.807) is 12.1 Å². The number of pyridine rings is 1. The third-order valence-corrected chi connectivity index (χ3v) is 3.06. The van der Waals surface area contributed by atoms with Gasteiger partial charge in [0.1, 0.15) is 11.9 Å². The van der Waals surface area contributed by atoms with Gasteiger partial charge in [-0.25, -0.2) is 9.18 Å². The summed E-state index contributed by atoms with van der Waals surface area (Å²) < 4.78 is 17.9. The molecular weight excluding hydrogens is 287 g/mol. The fourth-order valence-corrected chi connectivity index (χ4v) is 1.98. The quantitative estimate of drug-likeness (QED) is 0.854. The van der Waals surface area contributed by atoms with Crippen molar-refractivity contribution in [1.29, 1.82) is 0 Å². The lowest BCUT2D eigenvalue weighted by molar-refractivity contribution is -0.142. The molecule has 0 saturated heterocycles. The van der Waals surface area contributed by atoms with Gasteiger partial charge in [-0.1, -0.05) is 12.1 Å². The molecular formula is C16H15FN2O3. The number of aromatic nitrogens is 1. The Morgan fingerprint density at radius 2 is 2.00 bits per heavy atom. The lowest BCUT2D eigenvalue weighted by atomic mass is 10.1. The van der Waals surface area contributed by atoms with E-state index in [1.807, 2.05) is 0 Å². The number of halogens is 1. The molecule has 1 heterocycles. The Morgan fingerprint density at radius 1 is 1.27 bits per heavy atom. The van der Waals surface area contributed by atoms with Gasteiger partial charge in [0.2, 0.25) is 0 Å². The Hall–Kier alpha value is -2.76. The SMILES string of the molecule is COC(=O)[C@@H](Cc1cccc(F)c1)NC(=O)c1ccncc1. The second-order valence-electron chi connectivity index (χ2n) is 4.62. The molecule has 0 aliphatic heterocycles. The van der Waals surface area contributed by atoms with Gasteiger partial charge in [0, 0.05) is 24.4 Å². The molecule has 1 aromatic heterocycles. The van der Waals surface area contributed by atoms with Crippen LogP contribution in [0.15, 0.2) is 48.8 Å². The summed E-state index contributed by atoms with van der Waals surface area (Å²) in [5.74, 6) is -1.41. The molecule has 1 amide bonds. The zero-order valence-corrected chi connectivity index (χ0v) is 12.0. The summed E-state index contributed by atoms with van der Waals surface area (Å²) in [6, 6.07) is 8.02. The second kappa shape index (κ2) is 7.31. The van der Waals surface area contributed by atoms with Crippen molar-refractivity contribution in [3.8, 4) is 0 Å². The molecule has 0 aliphatic rings. The van der Waals surface area contributed by atoms with Crippen LogP contribution in [0, 0.1) is 5.82 Å². The molecule has 0 radical (unpaired) electrons. The van der Waals surface area contributed by atoms with Crippen molar-refractivity contribution in [3.63, 3.8) is 0 Å². The number of carbonyl (C=O) groups is 2. The number of nitrogens with zero attached hydrogens (tertiary/aromatic N) is 1. The number of esters is 1. The summed E-state index contributed by atoms with van der Waals surface area (Å²) in [5.41, 5.74) is 0.966. The van der Waals surface area contributed by atoms with Crippen molar-refractivity contribution < 1.29 is 18.7 Å². The van der Waals surface area contributed by atoms with Gasteiger partial charge in [0.05, 0.1) is 7.11 Å². The van der Waals surface area contributed by atoms with Crippen LogP contribution in [0.3, 0.4) is 0 Å². The molecule has 1 atom stereocenters. The second-order valence-corrected chi connectivity index (χ2v) is 4.62. The standard InChI is InChI=1S/C16H15FN2O3/c1-22-16(21)14(10-11-3-2-4-13(17)9-11)19-15(20)12-5-7-18-8-6-12/h2-9,14H,10H2,1H3,(H,19,20)/t14-/m1/s1. The predicted molar refractivity (Wildman–Crippen MR) is 77.6 cm³/mol.